The van der Waals surface area contributed by atoms with Crippen molar-refractivity contribution in [3.05, 3.63) is 41.9 Å². The van der Waals surface area contributed by atoms with E-state index in [1.165, 1.54) is 5.56 Å². The summed E-state index contributed by atoms with van der Waals surface area (Å²) in [5.74, 6) is 0. The second-order valence-corrected chi connectivity index (χ2v) is 3.61. The molecule has 0 bridgehead atoms. The van der Waals surface area contributed by atoms with Gasteiger partial charge in [0.05, 0.1) is 12.0 Å². The molecular formula is C12H15N3. The maximum atomic E-state index is 5.50. The summed E-state index contributed by atoms with van der Waals surface area (Å²) >= 11 is 0. The lowest BCUT2D eigenvalue weighted by molar-refractivity contribution is 0.969. The Balaban J connectivity index is 2.28. The molecule has 15 heavy (non-hydrogen) atoms. The van der Waals surface area contributed by atoms with E-state index >= 15 is 0 Å². The summed E-state index contributed by atoms with van der Waals surface area (Å²) < 4.78 is 0. The van der Waals surface area contributed by atoms with Crippen LogP contribution in [-0.2, 0) is 6.42 Å². The number of rotatable bonds is 3. The maximum absolute atomic E-state index is 5.50. The minimum atomic E-state index is 0.695. The number of aryl methyl sites for hydroxylation is 1. The quantitative estimate of drug-likeness (QED) is 0.796. The van der Waals surface area contributed by atoms with E-state index in [1.54, 1.807) is 6.33 Å². The Morgan fingerprint density at radius 1 is 1.27 bits per heavy atom. The summed E-state index contributed by atoms with van der Waals surface area (Å²) in [7, 11) is 0. The minimum absolute atomic E-state index is 0.695. The Bertz CT molecular complexity index is 428. The van der Waals surface area contributed by atoms with Crippen molar-refractivity contribution in [2.45, 2.75) is 13.3 Å². The van der Waals surface area contributed by atoms with E-state index in [1.807, 2.05) is 6.92 Å². The standard InChI is InChI=1S/C12H15N3/c1-9-12(15-8-14-9)11-4-2-10(3-5-11)6-7-13/h2-5,8H,6-7,13H2,1H3,(H,14,15). The summed E-state index contributed by atoms with van der Waals surface area (Å²) in [6.45, 7) is 2.72. The van der Waals surface area contributed by atoms with E-state index < -0.39 is 0 Å². The largest absolute Gasteiger partial charge is 0.348 e. The van der Waals surface area contributed by atoms with Gasteiger partial charge >= 0.3 is 0 Å². The van der Waals surface area contributed by atoms with Crippen LogP contribution in [0.1, 0.15) is 11.3 Å². The predicted octanol–water partition coefficient (Wildman–Crippen LogP) is 1.89. The molecule has 0 fully saturated rings. The SMILES string of the molecule is Cc1[nH]cnc1-c1ccc(CCN)cc1. The minimum Gasteiger partial charge on any atom is -0.348 e. The van der Waals surface area contributed by atoms with Crippen LogP contribution in [0.25, 0.3) is 11.3 Å². The van der Waals surface area contributed by atoms with Crippen molar-refractivity contribution in [2.75, 3.05) is 6.54 Å². The normalized spacial score (nSPS) is 10.5. The van der Waals surface area contributed by atoms with Gasteiger partial charge in [0, 0.05) is 11.3 Å². The van der Waals surface area contributed by atoms with Gasteiger partial charge < -0.3 is 10.7 Å². The first-order chi connectivity index (χ1) is 7.31. The van der Waals surface area contributed by atoms with Crippen LogP contribution in [0.15, 0.2) is 30.6 Å². The molecule has 0 amide bonds. The average molecular weight is 201 g/mol. The molecule has 1 heterocycles. The number of hydrogen-bond donors (Lipinski definition) is 2. The first-order valence-corrected chi connectivity index (χ1v) is 5.10. The zero-order valence-electron chi connectivity index (χ0n) is 8.83. The number of hydrogen-bond acceptors (Lipinski definition) is 2. The van der Waals surface area contributed by atoms with E-state index in [-0.39, 0.29) is 0 Å². The van der Waals surface area contributed by atoms with Crippen LogP contribution >= 0.6 is 0 Å². The van der Waals surface area contributed by atoms with Gasteiger partial charge in [-0.2, -0.15) is 0 Å². The summed E-state index contributed by atoms with van der Waals surface area (Å²) in [6.07, 6.45) is 2.65. The van der Waals surface area contributed by atoms with Gasteiger partial charge in [0.1, 0.15) is 0 Å². The molecule has 0 aliphatic heterocycles. The van der Waals surface area contributed by atoms with Crippen LogP contribution in [0.3, 0.4) is 0 Å². The van der Waals surface area contributed by atoms with E-state index in [4.69, 9.17) is 5.73 Å². The van der Waals surface area contributed by atoms with Gasteiger partial charge in [-0.25, -0.2) is 4.98 Å². The highest BCUT2D eigenvalue weighted by Gasteiger charge is 2.03. The van der Waals surface area contributed by atoms with Gasteiger partial charge in [0.25, 0.3) is 0 Å². The topological polar surface area (TPSA) is 54.7 Å². The molecule has 78 valence electrons. The summed E-state index contributed by atoms with van der Waals surface area (Å²) in [6, 6.07) is 8.40. The van der Waals surface area contributed by atoms with Crippen LogP contribution in [-0.4, -0.2) is 16.5 Å². The van der Waals surface area contributed by atoms with Gasteiger partial charge in [-0.1, -0.05) is 24.3 Å². The molecule has 0 saturated carbocycles. The fourth-order valence-electron chi connectivity index (χ4n) is 1.65. The second kappa shape index (κ2) is 4.28. The third-order valence-corrected chi connectivity index (χ3v) is 2.49. The Morgan fingerprint density at radius 2 is 2.00 bits per heavy atom. The molecule has 2 aromatic rings. The number of aromatic amines is 1. The molecular weight excluding hydrogens is 186 g/mol. The number of nitrogens with zero attached hydrogens (tertiary/aromatic N) is 1. The molecule has 3 N–H and O–H groups in total. The summed E-state index contributed by atoms with van der Waals surface area (Å²) in [5.41, 5.74) is 10.0. The fourth-order valence-corrected chi connectivity index (χ4v) is 1.65. The lowest BCUT2D eigenvalue weighted by atomic mass is 10.1. The number of H-pyrrole nitrogens is 1. The third-order valence-electron chi connectivity index (χ3n) is 2.49. The Kier molecular flexibility index (Phi) is 2.83. The van der Waals surface area contributed by atoms with Crippen molar-refractivity contribution in [1.29, 1.82) is 0 Å². The highest BCUT2D eigenvalue weighted by molar-refractivity contribution is 5.61. The van der Waals surface area contributed by atoms with Crippen LogP contribution in [0.4, 0.5) is 0 Å². The molecule has 0 unspecified atom stereocenters. The Labute approximate surface area is 89.4 Å². The van der Waals surface area contributed by atoms with Gasteiger partial charge in [-0.3, -0.25) is 0 Å². The molecule has 2 rings (SSSR count). The van der Waals surface area contributed by atoms with Gasteiger partial charge in [-0.15, -0.1) is 0 Å². The van der Waals surface area contributed by atoms with Crippen molar-refractivity contribution < 1.29 is 0 Å². The Morgan fingerprint density at radius 3 is 2.53 bits per heavy atom. The molecule has 0 radical (unpaired) electrons. The predicted molar refractivity (Wildman–Crippen MR) is 61.5 cm³/mol. The van der Waals surface area contributed by atoms with Gasteiger partial charge in [-0.05, 0) is 25.5 Å². The van der Waals surface area contributed by atoms with Crippen molar-refractivity contribution in [3.8, 4) is 11.3 Å². The van der Waals surface area contributed by atoms with Crippen molar-refractivity contribution in [1.82, 2.24) is 9.97 Å². The molecule has 0 aliphatic rings. The molecule has 0 saturated heterocycles. The highest BCUT2D eigenvalue weighted by Crippen LogP contribution is 2.19. The number of benzene rings is 1. The first-order valence-electron chi connectivity index (χ1n) is 5.10. The van der Waals surface area contributed by atoms with Crippen molar-refractivity contribution in [2.24, 2.45) is 5.73 Å². The molecule has 1 aromatic carbocycles. The maximum Gasteiger partial charge on any atom is 0.0929 e. The second-order valence-electron chi connectivity index (χ2n) is 3.61. The highest BCUT2D eigenvalue weighted by atomic mass is 14.9. The monoisotopic (exact) mass is 201 g/mol. The zero-order chi connectivity index (χ0) is 10.7. The number of aromatic nitrogens is 2. The summed E-state index contributed by atoms with van der Waals surface area (Å²) in [5, 5.41) is 0. The Hall–Kier alpha value is -1.61. The number of nitrogens with one attached hydrogen (secondary N) is 1. The molecule has 3 heteroatoms. The van der Waals surface area contributed by atoms with Crippen molar-refractivity contribution >= 4 is 0 Å². The number of imidazole rings is 1. The molecule has 0 atom stereocenters. The number of nitrogens with two attached hydrogens (primary N) is 1. The fraction of sp³-hybridized carbons (Fsp3) is 0.250. The van der Waals surface area contributed by atoms with Crippen LogP contribution in [0.2, 0.25) is 0 Å². The van der Waals surface area contributed by atoms with E-state index in [9.17, 15) is 0 Å². The lowest BCUT2D eigenvalue weighted by Gasteiger charge is -2.01. The smallest absolute Gasteiger partial charge is 0.0929 e. The molecule has 1 aromatic heterocycles. The lowest BCUT2D eigenvalue weighted by Crippen LogP contribution is -2.02. The molecule has 3 nitrogen and oxygen atoms in total. The van der Waals surface area contributed by atoms with E-state index in [0.717, 1.165) is 23.4 Å². The van der Waals surface area contributed by atoms with Crippen LogP contribution in [0.5, 0.6) is 0 Å². The zero-order valence-corrected chi connectivity index (χ0v) is 8.83. The van der Waals surface area contributed by atoms with Gasteiger partial charge in [0.15, 0.2) is 0 Å². The summed E-state index contributed by atoms with van der Waals surface area (Å²) in [4.78, 5) is 7.36. The average Bonchev–Trinajstić information content (AvgIpc) is 2.66. The van der Waals surface area contributed by atoms with Crippen molar-refractivity contribution in [3.63, 3.8) is 0 Å². The molecule has 0 spiro atoms. The molecule has 0 aliphatic carbocycles. The van der Waals surface area contributed by atoms with Crippen LogP contribution < -0.4 is 5.73 Å². The van der Waals surface area contributed by atoms with Crippen LogP contribution in [0, 0.1) is 6.92 Å². The van der Waals surface area contributed by atoms with Gasteiger partial charge in [0.2, 0.25) is 0 Å². The van der Waals surface area contributed by atoms with E-state index in [0.29, 0.717) is 6.54 Å². The van der Waals surface area contributed by atoms with E-state index in [2.05, 4.69) is 34.2 Å². The first kappa shape index (κ1) is 9.93. The third kappa shape index (κ3) is 2.07.